The van der Waals surface area contributed by atoms with Crippen LogP contribution in [0.15, 0.2) is 35.4 Å². The molecule has 1 aromatic carbocycles. The Hall–Kier alpha value is -2.65. The van der Waals surface area contributed by atoms with Gasteiger partial charge in [-0.05, 0) is 44.4 Å². The number of hydrogen-bond donors (Lipinski definition) is 1. The molecule has 2 aromatic rings. The first-order chi connectivity index (χ1) is 12.8. The lowest BCUT2D eigenvalue weighted by Crippen LogP contribution is -2.28. The van der Waals surface area contributed by atoms with Crippen molar-refractivity contribution in [3.63, 3.8) is 0 Å². The monoisotopic (exact) mass is 381 g/mol. The van der Waals surface area contributed by atoms with Crippen LogP contribution >= 0.6 is 11.8 Å². The fourth-order valence-corrected chi connectivity index (χ4v) is 3.48. The van der Waals surface area contributed by atoms with Crippen LogP contribution in [0.5, 0.6) is 0 Å². The fraction of sp³-hybridized carbons (Fsp3) is 0.333. The van der Waals surface area contributed by atoms with Gasteiger partial charge in [0.05, 0.1) is 17.4 Å². The van der Waals surface area contributed by atoms with Crippen molar-refractivity contribution in [2.75, 3.05) is 5.75 Å². The lowest BCUT2D eigenvalue weighted by molar-refractivity contribution is -0.119. The van der Waals surface area contributed by atoms with Gasteiger partial charge in [0.15, 0.2) is 5.78 Å². The predicted molar refractivity (Wildman–Crippen MR) is 107 cm³/mol. The minimum atomic E-state index is -0.133. The molecule has 6 heteroatoms. The molecule has 1 unspecified atom stereocenters. The van der Waals surface area contributed by atoms with E-state index in [2.05, 4.69) is 35.4 Å². The summed E-state index contributed by atoms with van der Waals surface area (Å²) in [6.07, 6.45) is 0.980. The topological polar surface area (TPSA) is 82.8 Å². The van der Waals surface area contributed by atoms with E-state index in [1.807, 2.05) is 19.1 Å². The molecule has 1 aromatic heterocycles. The Morgan fingerprint density at radius 3 is 2.52 bits per heavy atom. The number of carbonyl (C=O) groups excluding carboxylic acids is 2. The molecule has 0 radical (unpaired) electrons. The number of aromatic nitrogens is 1. The Labute approximate surface area is 164 Å². The van der Waals surface area contributed by atoms with E-state index in [9.17, 15) is 14.9 Å². The molecular formula is C21H23N3O2S. The van der Waals surface area contributed by atoms with Gasteiger partial charge in [-0.15, -0.1) is 0 Å². The van der Waals surface area contributed by atoms with Gasteiger partial charge >= 0.3 is 0 Å². The first-order valence-corrected chi connectivity index (χ1v) is 9.78. The second-order valence-corrected chi connectivity index (χ2v) is 7.28. The van der Waals surface area contributed by atoms with Crippen molar-refractivity contribution >= 4 is 23.5 Å². The third-order valence-electron chi connectivity index (χ3n) is 4.28. The molecule has 0 fully saturated rings. The number of hydrogen-bond acceptors (Lipinski definition) is 5. The van der Waals surface area contributed by atoms with Crippen LogP contribution in [0.25, 0.3) is 0 Å². The first kappa shape index (κ1) is 20.7. The number of benzene rings is 1. The zero-order valence-corrected chi connectivity index (χ0v) is 16.8. The Morgan fingerprint density at radius 1 is 1.30 bits per heavy atom. The molecule has 0 aliphatic heterocycles. The summed E-state index contributed by atoms with van der Waals surface area (Å²) < 4.78 is 0. The van der Waals surface area contributed by atoms with Crippen LogP contribution in [0, 0.1) is 18.3 Å². The largest absolute Gasteiger partial charge is 0.349 e. The van der Waals surface area contributed by atoms with Gasteiger partial charge in [0.1, 0.15) is 11.1 Å². The van der Waals surface area contributed by atoms with Crippen LogP contribution in [0.4, 0.5) is 0 Å². The Kier molecular flexibility index (Phi) is 7.14. The number of carbonyl (C=O) groups is 2. The second kappa shape index (κ2) is 9.33. The summed E-state index contributed by atoms with van der Waals surface area (Å²) in [6, 6.07) is 11.7. The van der Waals surface area contributed by atoms with Gasteiger partial charge in [-0.3, -0.25) is 9.59 Å². The number of amides is 1. The SMILES string of the molecule is CCc1ccc(C(C)NC(=O)CSc2nc(C)c(C(C)=O)cc2C#N)cc1. The third kappa shape index (κ3) is 5.41. The fourth-order valence-electron chi connectivity index (χ4n) is 2.67. The molecule has 27 heavy (non-hydrogen) atoms. The van der Waals surface area contributed by atoms with E-state index in [-0.39, 0.29) is 23.5 Å². The highest BCUT2D eigenvalue weighted by molar-refractivity contribution is 8.00. The average Bonchev–Trinajstić information content (AvgIpc) is 2.66. The molecule has 1 amide bonds. The molecule has 1 N–H and O–H groups in total. The normalized spacial score (nSPS) is 11.5. The number of thioether (sulfide) groups is 1. The summed E-state index contributed by atoms with van der Waals surface area (Å²) >= 11 is 1.20. The van der Waals surface area contributed by atoms with E-state index in [0.717, 1.165) is 12.0 Å². The molecular weight excluding hydrogens is 358 g/mol. The highest BCUT2D eigenvalue weighted by Gasteiger charge is 2.15. The second-order valence-electron chi connectivity index (χ2n) is 6.32. The predicted octanol–water partition coefficient (Wildman–Crippen LogP) is 4.00. The molecule has 5 nitrogen and oxygen atoms in total. The molecule has 0 bridgehead atoms. The maximum atomic E-state index is 12.3. The highest BCUT2D eigenvalue weighted by Crippen LogP contribution is 2.23. The molecule has 0 saturated carbocycles. The Bertz CT molecular complexity index is 886. The van der Waals surface area contributed by atoms with Gasteiger partial charge in [-0.1, -0.05) is 43.0 Å². The summed E-state index contributed by atoms with van der Waals surface area (Å²) in [5.74, 6) is -0.113. The smallest absolute Gasteiger partial charge is 0.230 e. The van der Waals surface area contributed by atoms with Gasteiger partial charge in [0.2, 0.25) is 5.91 Å². The number of nitriles is 1. The molecule has 2 rings (SSSR count). The van der Waals surface area contributed by atoms with Crippen molar-refractivity contribution in [3.8, 4) is 6.07 Å². The lowest BCUT2D eigenvalue weighted by atomic mass is 10.1. The Morgan fingerprint density at radius 2 is 1.96 bits per heavy atom. The number of aryl methyl sites for hydroxylation is 2. The highest BCUT2D eigenvalue weighted by atomic mass is 32.2. The van der Waals surface area contributed by atoms with Crippen molar-refractivity contribution in [3.05, 3.63) is 58.3 Å². The number of ketones is 1. The number of pyridine rings is 1. The van der Waals surface area contributed by atoms with E-state index < -0.39 is 0 Å². The van der Waals surface area contributed by atoms with Crippen molar-refractivity contribution in [1.29, 1.82) is 5.26 Å². The first-order valence-electron chi connectivity index (χ1n) is 8.79. The van der Waals surface area contributed by atoms with Crippen LogP contribution in [-0.4, -0.2) is 22.4 Å². The maximum Gasteiger partial charge on any atom is 0.230 e. The van der Waals surface area contributed by atoms with Gasteiger partial charge in [-0.2, -0.15) is 5.26 Å². The zero-order chi connectivity index (χ0) is 20.0. The minimum absolute atomic E-state index is 0.103. The lowest BCUT2D eigenvalue weighted by Gasteiger charge is -2.15. The standard InChI is InChI=1S/C21H23N3O2S/c1-5-16-6-8-17(9-7-16)13(2)23-20(26)12-27-21-18(11-22)10-19(15(4)25)14(3)24-21/h6-10,13H,5,12H2,1-4H3,(H,23,26). The van der Waals surface area contributed by atoms with Gasteiger partial charge in [0, 0.05) is 11.3 Å². The quantitative estimate of drug-likeness (QED) is 0.579. The molecule has 140 valence electrons. The van der Waals surface area contributed by atoms with Crippen LogP contribution < -0.4 is 5.32 Å². The molecule has 0 aliphatic rings. The van der Waals surface area contributed by atoms with Crippen LogP contribution in [0.1, 0.15) is 59.6 Å². The Balaban J connectivity index is 2.01. The van der Waals surface area contributed by atoms with Crippen molar-refractivity contribution in [2.24, 2.45) is 0 Å². The minimum Gasteiger partial charge on any atom is -0.349 e. The van der Waals surface area contributed by atoms with E-state index >= 15 is 0 Å². The van der Waals surface area contributed by atoms with E-state index in [4.69, 9.17) is 0 Å². The molecule has 0 saturated heterocycles. The van der Waals surface area contributed by atoms with Crippen LogP contribution in [0.3, 0.4) is 0 Å². The summed E-state index contributed by atoms with van der Waals surface area (Å²) in [6.45, 7) is 7.21. The molecule has 1 atom stereocenters. The molecule has 1 heterocycles. The third-order valence-corrected chi connectivity index (χ3v) is 5.27. The van der Waals surface area contributed by atoms with Crippen molar-refractivity contribution in [2.45, 2.75) is 45.2 Å². The number of Topliss-reactive ketones (excluding diaryl/α,β-unsaturated/α-hetero) is 1. The summed E-state index contributed by atoms with van der Waals surface area (Å²) in [5, 5.41) is 12.7. The van der Waals surface area contributed by atoms with Gasteiger partial charge < -0.3 is 5.32 Å². The molecule has 0 spiro atoms. The summed E-state index contributed by atoms with van der Waals surface area (Å²) in [7, 11) is 0. The molecule has 0 aliphatic carbocycles. The zero-order valence-electron chi connectivity index (χ0n) is 16.0. The average molecular weight is 382 g/mol. The van der Waals surface area contributed by atoms with Crippen LogP contribution in [-0.2, 0) is 11.2 Å². The van der Waals surface area contributed by atoms with E-state index in [1.54, 1.807) is 13.0 Å². The van der Waals surface area contributed by atoms with E-state index in [0.29, 0.717) is 21.8 Å². The summed E-state index contributed by atoms with van der Waals surface area (Å²) in [4.78, 5) is 28.2. The summed E-state index contributed by atoms with van der Waals surface area (Å²) in [5.41, 5.74) is 3.61. The number of nitrogens with one attached hydrogen (secondary N) is 1. The van der Waals surface area contributed by atoms with Crippen LogP contribution in [0.2, 0.25) is 0 Å². The van der Waals surface area contributed by atoms with Gasteiger partial charge in [-0.25, -0.2) is 4.98 Å². The van der Waals surface area contributed by atoms with Crippen molar-refractivity contribution < 1.29 is 9.59 Å². The van der Waals surface area contributed by atoms with Gasteiger partial charge in [0.25, 0.3) is 0 Å². The number of rotatable bonds is 7. The number of nitrogens with zero attached hydrogens (tertiary/aromatic N) is 2. The maximum absolute atomic E-state index is 12.3. The van der Waals surface area contributed by atoms with Crippen molar-refractivity contribution in [1.82, 2.24) is 10.3 Å². The van der Waals surface area contributed by atoms with E-state index in [1.165, 1.54) is 24.2 Å².